The van der Waals surface area contributed by atoms with E-state index >= 15 is 0 Å². The van der Waals surface area contributed by atoms with E-state index in [1.165, 1.54) is 5.56 Å². The summed E-state index contributed by atoms with van der Waals surface area (Å²) in [5.74, 6) is 0.950. The summed E-state index contributed by atoms with van der Waals surface area (Å²) in [6, 6.07) is 21.8. The maximum Gasteiger partial charge on any atom is 0.410 e. The number of carbonyl (C=O) groups excluding carboxylic acids is 2. The number of likely N-dealkylation sites (tertiary alicyclic amines) is 1. The Morgan fingerprint density at radius 3 is 2.40 bits per heavy atom. The predicted molar refractivity (Wildman–Crippen MR) is 161 cm³/mol. The van der Waals surface area contributed by atoms with Crippen LogP contribution in [0.15, 0.2) is 66.7 Å². The summed E-state index contributed by atoms with van der Waals surface area (Å²) in [5, 5.41) is 3.34. The molecule has 0 unspecified atom stereocenters. The van der Waals surface area contributed by atoms with Gasteiger partial charge in [0, 0.05) is 37.1 Å². The lowest BCUT2D eigenvalue weighted by Crippen LogP contribution is -2.46. The summed E-state index contributed by atoms with van der Waals surface area (Å²) in [5.41, 5.74) is 3.63. The Morgan fingerprint density at radius 2 is 1.74 bits per heavy atom. The maximum absolute atomic E-state index is 12.6. The number of nitrogens with zero attached hydrogens (tertiary/aromatic N) is 3. The number of esters is 1. The Hall–Kier alpha value is -4.11. The lowest BCUT2D eigenvalue weighted by atomic mass is 9.98. The quantitative estimate of drug-likeness (QED) is 0.312. The Labute approximate surface area is 247 Å². The van der Waals surface area contributed by atoms with Gasteiger partial charge < -0.3 is 19.5 Å². The second-order valence-corrected chi connectivity index (χ2v) is 11.9. The van der Waals surface area contributed by atoms with Crippen LogP contribution in [0.2, 0.25) is 0 Å². The van der Waals surface area contributed by atoms with Crippen LogP contribution in [0.25, 0.3) is 0 Å². The fourth-order valence-electron chi connectivity index (χ4n) is 5.49. The van der Waals surface area contributed by atoms with Crippen LogP contribution in [0.5, 0.6) is 5.75 Å². The van der Waals surface area contributed by atoms with Crippen molar-refractivity contribution in [2.75, 3.05) is 31.6 Å². The predicted octanol–water partition coefficient (Wildman–Crippen LogP) is 6.01. The minimum atomic E-state index is -0.538. The zero-order valence-electron chi connectivity index (χ0n) is 24.8. The van der Waals surface area contributed by atoms with Crippen molar-refractivity contribution in [2.24, 2.45) is 0 Å². The van der Waals surface area contributed by atoms with Gasteiger partial charge in [-0.3, -0.25) is 9.80 Å². The summed E-state index contributed by atoms with van der Waals surface area (Å²) in [4.78, 5) is 33.7. The molecule has 2 aliphatic heterocycles. The molecule has 9 heteroatoms. The first-order valence-electron chi connectivity index (χ1n) is 14.6. The summed E-state index contributed by atoms with van der Waals surface area (Å²) in [7, 11) is 0. The zero-order chi connectivity index (χ0) is 29.7. The van der Waals surface area contributed by atoms with Crippen molar-refractivity contribution < 1.29 is 23.8 Å². The highest BCUT2D eigenvalue weighted by Gasteiger charge is 2.40. The van der Waals surface area contributed by atoms with E-state index in [4.69, 9.17) is 19.2 Å². The number of hydrogen-bond acceptors (Lipinski definition) is 8. The number of nitrogens with one attached hydrogen (secondary N) is 1. The third-order valence-corrected chi connectivity index (χ3v) is 7.54. The van der Waals surface area contributed by atoms with Crippen molar-refractivity contribution in [1.29, 1.82) is 0 Å². The highest BCUT2D eigenvalue weighted by molar-refractivity contribution is 5.72. The third kappa shape index (κ3) is 7.59. The smallest absolute Gasteiger partial charge is 0.410 e. The van der Waals surface area contributed by atoms with Crippen LogP contribution < -0.4 is 10.1 Å². The van der Waals surface area contributed by atoms with Crippen LogP contribution in [0.4, 0.5) is 16.3 Å². The molecule has 0 aliphatic carbocycles. The Balaban J connectivity index is 1.11. The molecule has 0 radical (unpaired) electrons. The van der Waals surface area contributed by atoms with E-state index in [1.807, 2.05) is 69.0 Å². The molecule has 0 saturated carbocycles. The number of aryl methyl sites for hydroxylation is 1. The monoisotopic (exact) mass is 572 g/mol. The van der Waals surface area contributed by atoms with E-state index in [-0.39, 0.29) is 24.8 Å². The van der Waals surface area contributed by atoms with Crippen molar-refractivity contribution in [1.82, 2.24) is 14.8 Å². The molecule has 1 aromatic heterocycles. The molecule has 9 nitrogen and oxygen atoms in total. The van der Waals surface area contributed by atoms with Crippen molar-refractivity contribution in [3.63, 3.8) is 0 Å². The molecule has 3 heterocycles. The largest absolute Gasteiger partial charge is 0.482 e. The summed E-state index contributed by atoms with van der Waals surface area (Å²) in [6.07, 6.45) is 1.64. The summed E-state index contributed by atoms with van der Waals surface area (Å²) >= 11 is 0. The van der Waals surface area contributed by atoms with Gasteiger partial charge in [-0.1, -0.05) is 36.4 Å². The van der Waals surface area contributed by atoms with Gasteiger partial charge in [0.15, 0.2) is 6.61 Å². The molecule has 2 aliphatic rings. The van der Waals surface area contributed by atoms with Crippen LogP contribution in [0, 0.1) is 6.92 Å². The summed E-state index contributed by atoms with van der Waals surface area (Å²) < 4.78 is 16.3. The van der Waals surface area contributed by atoms with E-state index in [1.54, 1.807) is 12.1 Å². The van der Waals surface area contributed by atoms with E-state index in [2.05, 4.69) is 28.4 Å². The number of benzene rings is 2. The van der Waals surface area contributed by atoms with Gasteiger partial charge in [0.2, 0.25) is 0 Å². The fraction of sp³-hybridized carbons (Fsp3) is 0.424. The van der Waals surface area contributed by atoms with Gasteiger partial charge in [-0.05, 0) is 82.0 Å². The molecule has 0 spiro atoms. The van der Waals surface area contributed by atoms with E-state index in [0.717, 1.165) is 55.2 Å². The molecule has 1 atom stereocenters. The van der Waals surface area contributed by atoms with E-state index in [9.17, 15) is 9.59 Å². The number of rotatable bonds is 9. The van der Waals surface area contributed by atoms with Crippen molar-refractivity contribution in [3.8, 4) is 5.75 Å². The summed E-state index contributed by atoms with van der Waals surface area (Å²) in [6.45, 7) is 10.4. The molecular weight excluding hydrogens is 532 g/mol. The Morgan fingerprint density at radius 1 is 1.02 bits per heavy atom. The standard InChI is InChI=1S/C33H40N4O5/c1-23-25(10-15-30(34-23)35-26-11-13-28(14-12-26)40-22-31(38)42-33(2,3)4)20-36-18-16-27(17-19-36)37-29(21-41-32(37)39)24-8-6-5-7-9-24/h5-15,27,29H,16-22H2,1-4H3,(H,34,35)/t29-/m0/s1. The Kier molecular flexibility index (Phi) is 8.97. The average molecular weight is 573 g/mol. The van der Waals surface area contributed by atoms with Gasteiger partial charge >= 0.3 is 12.1 Å². The molecule has 0 bridgehead atoms. The van der Waals surface area contributed by atoms with Gasteiger partial charge in [-0.25, -0.2) is 14.6 Å². The molecule has 3 aromatic rings. The molecule has 1 N–H and O–H groups in total. The van der Waals surface area contributed by atoms with Gasteiger partial charge in [0.05, 0.1) is 6.04 Å². The number of carbonyl (C=O) groups is 2. The Bertz CT molecular complexity index is 1370. The number of amides is 1. The first kappa shape index (κ1) is 29.4. The van der Waals surface area contributed by atoms with Crippen molar-refractivity contribution >= 4 is 23.6 Å². The molecule has 222 valence electrons. The lowest BCUT2D eigenvalue weighted by Gasteiger charge is -2.38. The van der Waals surface area contributed by atoms with Crippen LogP contribution in [-0.2, 0) is 20.8 Å². The number of anilines is 2. The van der Waals surface area contributed by atoms with Crippen LogP contribution in [0.1, 0.15) is 56.5 Å². The van der Waals surface area contributed by atoms with Crippen LogP contribution in [0.3, 0.4) is 0 Å². The molecule has 2 saturated heterocycles. The molecule has 1 amide bonds. The SMILES string of the molecule is Cc1nc(Nc2ccc(OCC(=O)OC(C)(C)C)cc2)ccc1CN1CCC(N2C(=O)OC[C@H]2c2ccccc2)CC1. The van der Waals surface area contributed by atoms with Crippen molar-refractivity contribution in [3.05, 3.63) is 83.6 Å². The maximum atomic E-state index is 12.6. The normalized spacial score (nSPS) is 18.0. The molecular formula is C33H40N4O5. The highest BCUT2D eigenvalue weighted by Crippen LogP contribution is 2.33. The third-order valence-electron chi connectivity index (χ3n) is 7.54. The number of cyclic esters (lactones) is 1. The van der Waals surface area contributed by atoms with Gasteiger partial charge in [-0.2, -0.15) is 0 Å². The molecule has 5 rings (SSSR count). The number of hydrogen-bond donors (Lipinski definition) is 1. The van der Waals surface area contributed by atoms with E-state index < -0.39 is 11.6 Å². The number of piperidine rings is 1. The molecule has 2 fully saturated rings. The molecule has 2 aromatic carbocycles. The minimum absolute atomic E-state index is 0.0114. The second-order valence-electron chi connectivity index (χ2n) is 11.9. The van der Waals surface area contributed by atoms with E-state index in [0.29, 0.717) is 12.4 Å². The first-order valence-corrected chi connectivity index (χ1v) is 14.6. The highest BCUT2D eigenvalue weighted by atomic mass is 16.6. The first-order chi connectivity index (χ1) is 20.1. The minimum Gasteiger partial charge on any atom is -0.482 e. The lowest BCUT2D eigenvalue weighted by molar-refractivity contribution is -0.157. The second kappa shape index (κ2) is 12.8. The number of aromatic nitrogens is 1. The van der Waals surface area contributed by atoms with Crippen molar-refractivity contribution in [2.45, 2.75) is 64.8 Å². The number of ether oxygens (including phenoxy) is 3. The zero-order valence-corrected chi connectivity index (χ0v) is 24.8. The van der Waals surface area contributed by atoms with Crippen LogP contribution in [-0.4, -0.2) is 64.8 Å². The average Bonchev–Trinajstić information content (AvgIpc) is 3.35. The van der Waals surface area contributed by atoms with Gasteiger partial charge in [0.25, 0.3) is 0 Å². The van der Waals surface area contributed by atoms with Gasteiger partial charge in [0.1, 0.15) is 23.8 Å². The van der Waals surface area contributed by atoms with Crippen LogP contribution >= 0.6 is 0 Å². The molecule has 42 heavy (non-hydrogen) atoms. The topological polar surface area (TPSA) is 93.2 Å². The number of pyridine rings is 1. The van der Waals surface area contributed by atoms with Gasteiger partial charge in [-0.15, -0.1) is 0 Å². The fourth-order valence-corrected chi connectivity index (χ4v) is 5.49.